The summed E-state index contributed by atoms with van der Waals surface area (Å²) in [5.74, 6) is -0.591. The van der Waals surface area contributed by atoms with Crippen LogP contribution < -0.4 is 0 Å². The van der Waals surface area contributed by atoms with E-state index in [1.807, 2.05) is 6.92 Å². The zero-order chi connectivity index (χ0) is 40.7. The molecular weight excluding hydrogens is 744 g/mol. The first-order chi connectivity index (χ1) is 26.4. The van der Waals surface area contributed by atoms with E-state index in [0.717, 1.165) is 18.4 Å². The Labute approximate surface area is 324 Å². The molecule has 4 saturated carbocycles. The van der Waals surface area contributed by atoms with Crippen molar-refractivity contribution in [2.75, 3.05) is 19.8 Å². The molecule has 2 bridgehead atoms. The third-order valence-corrected chi connectivity index (χ3v) is 15.0. The predicted octanol–water partition coefficient (Wildman–Crippen LogP) is -2.94. The van der Waals surface area contributed by atoms with Gasteiger partial charge in [0.2, 0.25) is 6.29 Å². The van der Waals surface area contributed by atoms with Gasteiger partial charge in [0.25, 0.3) is 0 Å². The number of aliphatic hydroxyl groups is 11. The van der Waals surface area contributed by atoms with Gasteiger partial charge in [-0.05, 0) is 86.5 Å². The van der Waals surface area contributed by atoms with E-state index in [-0.39, 0.29) is 22.7 Å². The Balaban J connectivity index is 1.10. The summed E-state index contributed by atoms with van der Waals surface area (Å²) in [6.07, 6.45) is -17.8. The average molecular weight is 805 g/mol. The van der Waals surface area contributed by atoms with Gasteiger partial charge >= 0.3 is 5.97 Å². The second-order valence-corrected chi connectivity index (χ2v) is 18.0. The normalized spacial score (nSPS) is 54.6. The number of rotatable bonds is 9. The minimum absolute atomic E-state index is 0.121. The molecule has 18 nitrogen and oxygen atoms in total. The summed E-state index contributed by atoms with van der Waals surface area (Å²) in [7, 11) is 0. The summed E-state index contributed by atoms with van der Waals surface area (Å²) >= 11 is 0. The maximum absolute atomic E-state index is 14.1. The summed E-state index contributed by atoms with van der Waals surface area (Å²) < 4.78 is 35.6. The Morgan fingerprint density at radius 1 is 0.679 bits per heavy atom. The van der Waals surface area contributed by atoms with Crippen LogP contribution in [0.5, 0.6) is 0 Å². The van der Waals surface area contributed by atoms with Gasteiger partial charge in [-0.1, -0.05) is 19.9 Å². The molecule has 3 saturated heterocycles. The highest BCUT2D eigenvalue weighted by atomic mass is 16.8. The molecule has 7 fully saturated rings. The molecule has 11 N–H and O–H groups in total. The monoisotopic (exact) mass is 804 g/mol. The molecule has 7 aliphatic rings. The number of fused-ring (bicyclic) bond motifs is 3. The SMILES string of the molecule is C=C1C[C@]23CC[C@H]4[C@@](C)(CCC[C@@]4(C)C(=O)O[C@@H]4O[C@H](CO)[C@@H](O)[C@H](O)[C@H]4O)[C@@H]2CC[C@]1(O[C@@H]1O[C@H](CO)[C@@H](O)[C@H](O)[C@H]1O[C@@H]1O[C@H](CO)[C@@H](O)[C@H](O)[C@H]1O)C3. The number of carbonyl (C=O) groups excluding carboxylic acids is 1. The number of ether oxygens (including phenoxy) is 6. The van der Waals surface area contributed by atoms with Gasteiger partial charge in [0, 0.05) is 0 Å². The lowest BCUT2D eigenvalue weighted by molar-refractivity contribution is -0.378. The van der Waals surface area contributed by atoms with Crippen molar-refractivity contribution in [3.8, 4) is 0 Å². The van der Waals surface area contributed by atoms with E-state index in [2.05, 4.69) is 13.5 Å². The average Bonchev–Trinajstić information content (AvgIpc) is 3.37. The second kappa shape index (κ2) is 15.6. The smallest absolute Gasteiger partial charge is 0.314 e. The Morgan fingerprint density at radius 3 is 1.82 bits per heavy atom. The van der Waals surface area contributed by atoms with Crippen molar-refractivity contribution in [1.82, 2.24) is 0 Å². The molecule has 0 unspecified atom stereocenters. The van der Waals surface area contributed by atoms with Crippen LogP contribution in [0, 0.1) is 28.1 Å². The minimum atomic E-state index is -1.81. The van der Waals surface area contributed by atoms with Crippen molar-refractivity contribution >= 4 is 5.97 Å². The van der Waals surface area contributed by atoms with Gasteiger partial charge in [0.1, 0.15) is 73.2 Å². The van der Waals surface area contributed by atoms with Gasteiger partial charge in [-0.3, -0.25) is 4.79 Å². The van der Waals surface area contributed by atoms with Gasteiger partial charge in [-0.2, -0.15) is 0 Å². The molecule has 3 aliphatic heterocycles. The van der Waals surface area contributed by atoms with E-state index in [1.54, 1.807) is 0 Å². The molecule has 56 heavy (non-hydrogen) atoms. The molecular formula is C38H60O18. The van der Waals surface area contributed by atoms with Crippen molar-refractivity contribution in [3.63, 3.8) is 0 Å². The van der Waals surface area contributed by atoms with Crippen molar-refractivity contribution in [2.24, 2.45) is 28.1 Å². The molecule has 0 aromatic carbocycles. The lowest BCUT2D eigenvalue weighted by atomic mass is 9.41. The van der Waals surface area contributed by atoms with Crippen LogP contribution in [0.25, 0.3) is 0 Å². The van der Waals surface area contributed by atoms with Gasteiger partial charge in [-0.15, -0.1) is 0 Å². The Hall–Kier alpha value is -1.43. The van der Waals surface area contributed by atoms with Gasteiger partial charge in [0.15, 0.2) is 12.6 Å². The van der Waals surface area contributed by atoms with Crippen LogP contribution in [0.1, 0.15) is 71.6 Å². The summed E-state index contributed by atoms with van der Waals surface area (Å²) in [5.41, 5.74) is -1.80. The molecule has 0 amide bonds. The minimum Gasteiger partial charge on any atom is -0.432 e. The summed E-state index contributed by atoms with van der Waals surface area (Å²) in [4.78, 5) is 14.1. The lowest BCUT2D eigenvalue weighted by Gasteiger charge is -2.64. The van der Waals surface area contributed by atoms with Crippen LogP contribution in [-0.2, 0) is 33.2 Å². The molecule has 18 heteroatoms. The van der Waals surface area contributed by atoms with Crippen LogP contribution in [0.15, 0.2) is 12.2 Å². The molecule has 4 aliphatic carbocycles. The first kappa shape index (κ1) is 42.7. The molecule has 0 aromatic rings. The van der Waals surface area contributed by atoms with E-state index in [4.69, 9.17) is 28.4 Å². The zero-order valence-corrected chi connectivity index (χ0v) is 31.8. The first-order valence-corrected chi connectivity index (χ1v) is 19.9. The van der Waals surface area contributed by atoms with Gasteiger partial charge < -0.3 is 84.6 Å². The van der Waals surface area contributed by atoms with Gasteiger partial charge in [0.05, 0.1) is 30.8 Å². The Morgan fingerprint density at radius 2 is 1.21 bits per heavy atom. The molecule has 21 atom stereocenters. The standard InChI is InChI=1S/C38H60O18/c1-16-11-37-9-5-20-35(2,7-4-8-36(20,3)34(50)55-32-29(49)26(46)23(43)18(13-40)52-32)21(37)6-10-38(16,15-37)56-33-30(27(47)24(44)19(14-41)53-33)54-31-28(48)25(45)22(42)17(12-39)51-31/h17-33,39-49H,1,4-15H2,2-3H3/t17-,18-,19-,20+,21+,22-,23-,24-,25+,26+,27+,28-,29-,30-,31+,32+,33+,35-,36-,37+,38+/m1/s1. The maximum atomic E-state index is 14.1. The first-order valence-electron chi connectivity index (χ1n) is 19.9. The van der Waals surface area contributed by atoms with E-state index < -0.39 is 129 Å². The molecule has 320 valence electrons. The van der Waals surface area contributed by atoms with Crippen LogP contribution in [0.4, 0.5) is 0 Å². The highest BCUT2D eigenvalue weighted by Crippen LogP contribution is 2.73. The highest BCUT2D eigenvalue weighted by molar-refractivity contribution is 5.77. The summed E-state index contributed by atoms with van der Waals surface area (Å²) in [6.45, 7) is 6.52. The highest BCUT2D eigenvalue weighted by Gasteiger charge is 2.69. The van der Waals surface area contributed by atoms with Crippen molar-refractivity contribution in [1.29, 1.82) is 0 Å². The number of hydrogen-bond acceptors (Lipinski definition) is 18. The number of aliphatic hydroxyl groups excluding tert-OH is 11. The van der Waals surface area contributed by atoms with E-state index in [1.165, 1.54) is 0 Å². The third-order valence-electron chi connectivity index (χ3n) is 15.0. The van der Waals surface area contributed by atoms with Crippen molar-refractivity contribution in [2.45, 2.75) is 169 Å². The molecule has 0 aromatic heterocycles. The number of esters is 1. The fourth-order valence-corrected chi connectivity index (χ4v) is 12.0. The van der Waals surface area contributed by atoms with E-state index >= 15 is 0 Å². The number of carbonyl (C=O) groups is 1. The van der Waals surface area contributed by atoms with Crippen molar-refractivity contribution < 1.29 is 89.4 Å². The Bertz CT molecular complexity index is 1450. The lowest BCUT2D eigenvalue weighted by Crippen LogP contribution is -2.65. The van der Waals surface area contributed by atoms with Gasteiger partial charge in [-0.25, -0.2) is 0 Å². The zero-order valence-electron chi connectivity index (χ0n) is 31.8. The second-order valence-electron chi connectivity index (χ2n) is 18.0. The fraction of sp³-hybridized carbons (Fsp3) is 0.921. The number of hydrogen-bond donors (Lipinski definition) is 11. The topological polar surface area (TPSA) is 295 Å². The fourth-order valence-electron chi connectivity index (χ4n) is 12.0. The van der Waals surface area contributed by atoms with Crippen LogP contribution >= 0.6 is 0 Å². The largest absolute Gasteiger partial charge is 0.432 e. The molecule has 3 heterocycles. The van der Waals surface area contributed by atoms with Crippen LogP contribution in [0.3, 0.4) is 0 Å². The third kappa shape index (κ3) is 6.69. The molecule has 1 spiro atoms. The van der Waals surface area contributed by atoms with E-state index in [0.29, 0.717) is 44.9 Å². The maximum Gasteiger partial charge on any atom is 0.314 e. The van der Waals surface area contributed by atoms with Crippen LogP contribution in [-0.4, -0.2) is 180 Å². The quantitative estimate of drug-likeness (QED) is 0.0631. The van der Waals surface area contributed by atoms with Crippen molar-refractivity contribution in [3.05, 3.63) is 12.2 Å². The summed E-state index contributed by atoms with van der Waals surface area (Å²) in [5, 5.41) is 114. The Kier molecular flexibility index (Phi) is 11.9. The molecule has 7 rings (SSSR count). The van der Waals surface area contributed by atoms with Crippen LogP contribution in [0.2, 0.25) is 0 Å². The predicted molar refractivity (Wildman–Crippen MR) is 186 cm³/mol. The van der Waals surface area contributed by atoms with E-state index in [9.17, 15) is 61.0 Å². The molecule has 0 radical (unpaired) electrons. The summed E-state index contributed by atoms with van der Waals surface area (Å²) in [6, 6.07) is 0.